The van der Waals surface area contributed by atoms with Crippen molar-refractivity contribution in [1.29, 1.82) is 5.26 Å². The van der Waals surface area contributed by atoms with E-state index >= 15 is 0 Å². The van der Waals surface area contributed by atoms with Gasteiger partial charge in [0.05, 0.1) is 22.4 Å². The van der Waals surface area contributed by atoms with Crippen LogP contribution in [0.15, 0.2) is 57.5 Å². The number of thioether (sulfide) groups is 1. The third kappa shape index (κ3) is 5.08. The van der Waals surface area contributed by atoms with Crippen molar-refractivity contribution in [3.05, 3.63) is 74.2 Å². The van der Waals surface area contributed by atoms with E-state index in [4.69, 9.17) is 0 Å². The number of amides is 2. The van der Waals surface area contributed by atoms with Crippen LogP contribution in [0.4, 0.5) is 5.69 Å². The summed E-state index contributed by atoms with van der Waals surface area (Å²) in [6.07, 6.45) is 0.206. The summed E-state index contributed by atoms with van der Waals surface area (Å²) >= 11 is 4.61. The van der Waals surface area contributed by atoms with Crippen molar-refractivity contribution in [3.63, 3.8) is 0 Å². The van der Waals surface area contributed by atoms with Gasteiger partial charge in [0.25, 0.3) is 0 Å². The lowest BCUT2D eigenvalue weighted by Gasteiger charge is -2.25. The highest BCUT2D eigenvalue weighted by atomic mass is 79.9. The van der Waals surface area contributed by atoms with E-state index < -0.39 is 0 Å². The monoisotopic (exact) mass is 469 g/mol. The number of carbonyl (C=O) groups excluding carboxylic acids is 2. The Morgan fingerprint density at radius 1 is 1.28 bits per heavy atom. The van der Waals surface area contributed by atoms with Crippen LogP contribution in [0.2, 0.25) is 0 Å². The van der Waals surface area contributed by atoms with Gasteiger partial charge in [-0.3, -0.25) is 9.59 Å². The standard InChI is InChI=1S/C22H20BrN3O2S/c1-13-5-3-6-14(2)21(13)25-20(28)12-29-22-18(11-24)17(10-19(27)26-22)15-7-4-8-16(23)9-15/h3-9,17H,10,12H2,1-2H3,(H,25,28)(H,26,27)/t17-/m1/s1. The maximum absolute atomic E-state index is 12.5. The predicted octanol–water partition coefficient (Wildman–Crippen LogP) is 4.78. The van der Waals surface area contributed by atoms with Gasteiger partial charge in [0.1, 0.15) is 0 Å². The van der Waals surface area contributed by atoms with E-state index in [1.807, 2.05) is 56.3 Å². The van der Waals surface area contributed by atoms with Crippen molar-refractivity contribution in [2.24, 2.45) is 0 Å². The number of hydrogen-bond donors (Lipinski definition) is 2. The summed E-state index contributed by atoms with van der Waals surface area (Å²) in [6.45, 7) is 3.88. The Morgan fingerprint density at radius 2 is 1.97 bits per heavy atom. The number of benzene rings is 2. The Balaban J connectivity index is 1.78. The van der Waals surface area contributed by atoms with E-state index in [1.54, 1.807) is 0 Å². The maximum atomic E-state index is 12.5. The van der Waals surface area contributed by atoms with Gasteiger partial charge in [0, 0.05) is 22.5 Å². The molecule has 5 nitrogen and oxygen atoms in total. The number of para-hydroxylation sites is 1. The molecule has 0 saturated carbocycles. The van der Waals surface area contributed by atoms with Gasteiger partial charge in [-0.2, -0.15) is 5.26 Å². The van der Waals surface area contributed by atoms with E-state index in [1.165, 1.54) is 11.8 Å². The molecule has 148 valence electrons. The highest BCUT2D eigenvalue weighted by Crippen LogP contribution is 2.36. The van der Waals surface area contributed by atoms with Crippen LogP contribution in [-0.2, 0) is 9.59 Å². The number of rotatable bonds is 5. The van der Waals surface area contributed by atoms with Crippen molar-refractivity contribution in [2.75, 3.05) is 11.1 Å². The van der Waals surface area contributed by atoms with E-state index in [0.717, 1.165) is 26.9 Å². The first kappa shape index (κ1) is 21.2. The minimum absolute atomic E-state index is 0.0970. The van der Waals surface area contributed by atoms with Gasteiger partial charge < -0.3 is 10.6 Å². The molecule has 7 heteroatoms. The molecule has 0 saturated heterocycles. The number of anilines is 1. The number of nitrogens with one attached hydrogen (secondary N) is 2. The van der Waals surface area contributed by atoms with Crippen molar-refractivity contribution in [3.8, 4) is 6.07 Å². The number of halogens is 1. The van der Waals surface area contributed by atoms with Crippen LogP contribution < -0.4 is 10.6 Å². The zero-order valence-corrected chi connectivity index (χ0v) is 18.5. The lowest BCUT2D eigenvalue weighted by Crippen LogP contribution is -2.31. The molecule has 0 unspecified atom stereocenters. The first-order valence-electron chi connectivity index (χ1n) is 9.07. The van der Waals surface area contributed by atoms with Crippen LogP contribution in [0.25, 0.3) is 0 Å². The van der Waals surface area contributed by atoms with E-state index in [2.05, 4.69) is 32.6 Å². The van der Waals surface area contributed by atoms with Gasteiger partial charge in [-0.15, -0.1) is 0 Å². The van der Waals surface area contributed by atoms with Crippen molar-refractivity contribution in [2.45, 2.75) is 26.2 Å². The molecule has 3 rings (SSSR count). The molecule has 0 aliphatic carbocycles. The van der Waals surface area contributed by atoms with Crippen LogP contribution in [-0.4, -0.2) is 17.6 Å². The Morgan fingerprint density at radius 3 is 2.62 bits per heavy atom. The average molecular weight is 470 g/mol. The number of allylic oxidation sites excluding steroid dienone is 1. The molecule has 0 radical (unpaired) electrons. The zero-order valence-electron chi connectivity index (χ0n) is 16.1. The van der Waals surface area contributed by atoms with Gasteiger partial charge in [0.2, 0.25) is 11.8 Å². The second-order valence-corrected chi connectivity index (χ2v) is 8.72. The van der Waals surface area contributed by atoms with Gasteiger partial charge >= 0.3 is 0 Å². The van der Waals surface area contributed by atoms with Crippen LogP contribution in [0.5, 0.6) is 0 Å². The van der Waals surface area contributed by atoms with Gasteiger partial charge in [-0.1, -0.05) is 58.0 Å². The van der Waals surface area contributed by atoms with Crippen LogP contribution in [0, 0.1) is 25.2 Å². The van der Waals surface area contributed by atoms with E-state index in [-0.39, 0.29) is 29.9 Å². The minimum atomic E-state index is -0.324. The molecular formula is C22H20BrN3O2S. The Labute approximate surface area is 182 Å². The van der Waals surface area contributed by atoms with E-state index in [0.29, 0.717) is 10.6 Å². The van der Waals surface area contributed by atoms with Crippen molar-refractivity contribution < 1.29 is 9.59 Å². The van der Waals surface area contributed by atoms with Crippen LogP contribution >= 0.6 is 27.7 Å². The SMILES string of the molecule is Cc1cccc(C)c1NC(=O)CSC1=C(C#N)[C@@H](c2cccc(Br)c2)CC(=O)N1. The highest BCUT2D eigenvalue weighted by molar-refractivity contribution is 9.10. The maximum Gasteiger partial charge on any atom is 0.234 e. The molecule has 0 aromatic heterocycles. The Bertz CT molecular complexity index is 1020. The number of aryl methyl sites for hydroxylation is 2. The number of nitriles is 1. The lowest BCUT2D eigenvalue weighted by atomic mass is 9.87. The minimum Gasteiger partial charge on any atom is -0.325 e. The van der Waals surface area contributed by atoms with Crippen molar-refractivity contribution >= 4 is 45.2 Å². The summed E-state index contributed by atoms with van der Waals surface area (Å²) in [4.78, 5) is 24.7. The fourth-order valence-electron chi connectivity index (χ4n) is 3.27. The molecule has 1 aliphatic heterocycles. The summed E-state index contributed by atoms with van der Waals surface area (Å²) < 4.78 is 0.889. The third-order valence-corrected chi connectivity index (χ3v) is 6.21. The first-order valence-corrected chi connectivity index (χ1v) is 10.9. The van der Waals surface area contributed by atoms with Crippen LogP contribution in [0.3, 0.4) is 0 Å². The molecule has 1 heterocycles. The molecular weight excluding hydrogens is 450 g/mol. The second-order valence-electron chi connectivity index (χ2n) is 6.82. The topological polar surface area (TPSA) is 82.0 Å². The average Bonchev–Trinajstić information content (AvgIpc) is 2.69. The molecule has 2 N–H and O–H groups in total. The lowest BCUT2D eigenvalue weighted by molar-refractivity contribution is -0.121. The number of nitrogens with zero attached hydrogens (tertiary/aromatic N) is 1. The summed E-state index contributed by atoms with van der Waals surface area (Å²) in [7, 11) is 0. The zero-order chi connectivity index (χ0) is 21.0. The normalized spacial score (nSPS) is 16.2. The Kier molecular flexibility index (Phi) is 6.78. The fourth-order valence-corrected chi connectivity index (χ4v) is 4.56. The molecule has 29 heavy (non-hydrogen) atoms. The summed E-state index contributed by atoms with van der Waals surface area (Å²) in [5.74, 6) is -0.571. The first-order chi connectivity index (χ1) is 13.9. The molecule has 2 aromatic carbocycles. The smallest absolute Gasteiger partial charge is 0.234 e. The number of hydrogen-bond acceptors (Lipinski definition) is 4. The molecule has 0 spiro atoms. The van der Waals surface area contributed by atoms with Crippen molar-refractivity contribution in [1.82, 2.24) is 5.32 Å². The van der Waals surface area contributed by atoms with Gasteiger partial charge in [0.15, 0.2) is 0 Å². The third-order valence-electron chi connectivity index (χ3n) is 4.70. The predicted molar refractivity (Wildman–Crippen MR) is 119 cm³/mol. The molecule has 2 aromatic rings. The summed E-state index contributed by atoms with van der Waals surface area (Å²) in [5.41, 5.74) is 4.14. The largest absolute Gasteiger partial charge is 0.325 e. The molecule has 0 fully saturated rings. The molecule has 0 bridgehead atoms. The second kappa shape index (κ2) is 9.29. The van der Waals surface area contributed by atoms with E-state index in [9.17, 15) is 14.9 Å². The summed E-state index contributed by atoms with van der Waals surface area (Å²) in [6, 6.07) is 15.7. The molecule has 2 amide bonds. The van der Waals surface area contributed by atoms with Crippen LogP contribution in [0.1, 0.15) is 29.0 Å². The fraction of sp³-hybridized carbons (Fsp3) is 0.227. The quantitative estimate of drug-likeness (QED) is 0.659. The molecule has 1 atom stereocenters. The molecule has 1 aliphatic rings. The summed E-state index contributed by atoms with van der Waals surface area (Å²) in [5, 5.41) is 15.9. The van der Waals surface area contributed by atoms with Gasteiger partial charge in [-0.05, 0) is 42.7 Å². The number of carbonyl (C=O) groups is 2. The Hall–Kier alpha value is -2.56. The highest BCUT2D eigenvalue weighted by Gasteiger charge is 2.30. The van der Waals surface area contributed by atoms with Gasteiger partial charge in [-0.25, -0.2) is 0 Å².